The predicted molar refractivity (Wildman–Crippen MR) is 76.5 cm³/mol. The summed E-state index contributed by atoms with van der Waals surface area (Å²) in [4.78, 5) is 11.6. The Labute approximate surface area is 123 Å². The number of hydrogen-bond acceptors (Lipinski definition) is 5. The molecule has 1 N–H and O–H groups in total. The van der Waals surface area contributed by atoms with Crippen molar-refractivity contribution in [1.82, 2.24) is 14.9 Å². The fraction of sp³-hybridized carbons (Fsp3) is 0.500. The number of nitrogens with zero attached hydrogens (tertiary/aromatic N) is 3. The molecular weight excluding hydrogens is 266 g/mol. The molecule has 0 amide bonds. The molecule has 4 rings (SSSR count). The van der Waals surface area contributed by atoms with Crippen LogP contribution in [0.1, 0.15) is 47.4 Å². The van der Waals surface area contributed by atoms with E-state index in [1.165, 1.54) is 24.1 Å². The number of aromatic nitrogens is 2. The van der Waals surface area contributed by atoms with Crippen LogP contribution in [0.4, 0.5) is 0 Å². The second kappa shape index (κ2) is 5.24. The van der Waals surface area contributed by atoms with Crippen LogP contribution in [0.25, 0.3) is 0 Å². The second-order valence-electron chi connectivity index (χ2n) is 5.96. The van der Waals surface area contributed by atoms with Crippen molar-refractivity contribution in [2.45, 2.75) is 44.9 Å². The molecule has 0 unspecified atom stereocenters. The highest BCUT2D eigenvalue weighted by Gasteiger charge is 2.28. The molecule has 110 valence electrons. The van der Waals surface area contributed by atoms with Crippen LogP contribution in [0.2, 0.25) is 0 Å². The van der Waals surface area contributed by atoms with Crippen molar-refractivity contribution in [3.8, 4) is 0 Å². The van der Waals surface area contributed by atoms with E-state index in [1.807, 2.05) is 18.3 Å². The average molecular weight is 285 g/mol. The predicted octanol–water partition coefficient (Wildman–Crippen LogP) is 2.00. The lowest BCUT2D eigenvalue weighted by atomic mass is 10.1. The minimum absolute atomic E-state index is 0.0411. The van der Waals surface area contributed by atoms with Gasteiger partial charge in [0.2, 0.25) is 0 Å². The van der Waals surface area contributed by atoms with Gasteiger partial charge in [0, 0.05) is 42.9 Å². The Kier molecular flexibility index (Phi) is 3.24. The number of aliphatic hydroxyl groups excluding tert-OH is 1. The van der Waals surface area contributed by atoms with Crippen molar-refractivity contribution in [1.29, 1.82) is 0 Å². The van der Waals surface area contributed by atoms with Crippen molar-refractivity contribution in [2.24, 2.45) is 0 Å². The lowest BCUT2D eigenvalue weighted by Gasteiger charge is -2.27. The molecule has 2 aromatic heterocycles. The third-order valence-electron chi connectivity index (χ3n) is 4.23. The Morgan fingerprint density at radius 3 is 2.90 bits per heavy atom. The lowest BCUT2D eigenvalue weighted by molar-refractivity contribution is 0.207. The van der Waals surface area contributed by atoms with Crippen LogP contribution < -0.4 is 0 Å². The smallest absolute Gasteiger partial charge is 0.131 e. The first-order valence-corrected chi connectivity index (χ1v) is 7.57. The van der Waals surface area contributed by atoms with E-state index in [0.29, 0.717) is 11.7 Å². The van der Waals surface area contributed by atoms with Gasteiger partial charge in [-0.05, 0) is 25.0 Å². The molecule has 1 saturated carbocycles. The summed E-state index contributed by atoms with van der Waals surface area (Å²) < 4.78 is 5.56. The van der Waals surface area contributed by atoms with E-state index >= 15 is 0 Å². The first-order valence-electron chi connectivity index (χ1n) is 7.57. The molecule has 0 saturated heterocycles. The van der Waals surface area contributed by atoms with Gasteiger partial charge in [0.05, 0.1) is 6.54 Å². The van der Waals surface area contributed by atoms with Crippen LogP contribution in [-0.2, 0) is 26.1 Å². The van der Waals surface area contributed by atoms with Crippen LogP contribution in [0.5, 0.6) is 0 Å². The van der Waals surface area contributed by atoms with Gasteiger partial charge in [-0.2, -0.15) is 0 Å². The molecule has 1 aliphatic carbocycles. The summed E-state index contributed by atoms with van der Waals surface area (Å²) in [5.41, 5.74) is 2.46. The summed E-state index contributed by atoms with van der Waals surface area (Å²) in [5.74, 6) is 3.19. The highest BCUT2D eigenvalue weighted by atomic mass is 16.4. The summed E-state index contributed by atoms with van der Waals surface area (Å²) in [6.07, 6.45) is 5.47. The first-order chi connectivity index (χ1) is 10.3. The van der Waals surface area contributed by atoms with Crippen LogP contribution in [0.15, 0.2) is 22.7 Å². The quantitative estimate of drug-likeness (QED) is 0.931. The Morgan fingerprint density at radius 1 is 1.29 bits per heavy atom. The molecule has 0 atom stereocenters. The minimum atomic E-state index is -0.0411. The summed E-state index contributed by atoms with van der Waals surface area (Å²) >= 11 is 0. The lowest BCUT2D eigenvalue weighted by Crippen LogP contribution is -2.31. The molecule has 1 fully saturated rings. The van der Waals surface area contributed by atoms with E-state index in [2.05, 4.69) is 9.88 Å². The molecule has 0 bridgehead atoms. The van der Waals surface area contributed by atoms with E-state index in [0.717, 1.165) is 37.6 Å². The molecule has 0 radical (unpaired) electrons. The SMILES string of the molecule is OCc1ccc(CN2CCc3nc(C4CC4)ncc3C2)o1. The summed E-state index contributed by atoms with van der Waals surface area (Å²) in [6, 6.07) is 3.77. The monoisotopic (exact) mass is 285 g/mol. The molecule has 3 heterocycles. The van der Waals surface area contributed by atoms with Crippen molar-refractivity contribution in [2.75, 3.05) is 6.54 Å². The number of furan rings is 1. The van der Waals surface area contributed by atoms with E-state index in [4.69, 9.17) is 14.5 Å². The Morgan fingerprint density at radius 2 is 2.14 bits per heavy atom. The Bertz CT molecular complexity index is 649. The van der Waals surface area contributed by atoms with Gasteiger partial charge in [-0.25, -0.2) is 9.97 Å². The van der Waals surface area contributed by atoms with Crippen molar-refractivity contribution < 1.29 is 9.52 Å². The maximum atomic E-state index is 9.04. The van der Waals surface area contributed by atoms with Crippen molar-refractivity contribution >= 4 is 0 Å². The van der Waals surface area contributed by atoms with E-state index in [1.54, 1.807) is 0 Å². The zero-order valence-electron chi connectivity index (χ0n) is 12.0. The number of hydrogen-bond donors (Lipinski definition) is 1. The molecule has 5 heteroatoms. The molecule has 2 aromatic rings. The van der Waals surface area contributed by atoms with E-state index in [9.17, 15) is 0 Å². The van der Waals surface area contributed by atoms with Gasteiger partial charge in [0.25, 0.3) is 0 Å². The maximum absolute atomic E-state index is 9.04. The zero-order valence-corrected chi connectivity index (χ0v) is 12.0. The van der Waals surface area contributed by atoms with Crippen LogP contribution in [0, 0.1) is 0 Å². The summed E-state index contributed by atoms with van der Waals surface area (Å²) in [6.45, 7) is 2.59. The van der Waals surface area contributed by atoms with Crippen molar-refractivity contribution in [3.05, 3.63) is 46.9 Å². The molecule has 2 aliphatic rings. The summed E-state index contributed by atoms with van der Waals surface area (Å²) in [7, 11) is 0. The van der Waals surface area contributed by atoms with E-state index < -0.39 is 0 Å². The third-order valence-corrected chi connectivity index (χ3v) is 4.23. The van der Waals surface area contributed by atoms with Crippen LogP contribution in [-0.4, -0.2) is 26.5 Å². The third kappa shape index (κ3) is 2.71. The largest absolute Gasteiger partial charge is 0.462 e. The van der Waals surface area contributed by atoms with Gasteiger partial charge in [-0.1, -0.05) is 0 Å². The van der Waals surface area contributed by atoms with Gasteiger partial charge in [-0.3, -0.25) is 4.90 Å². The van der Waals surface area contributed by atoms with Gasteiger partial charge >= 0.3 is 0 Å². The fourth-order valence-electron chi connectivity index (χ4n) is 2.88. The van der Waals surface area contributed by atoms with E-state index in [-0.39, 0.29) is 6.61 Å². The molecule has 0 spiro atoms. The normalized spacial score (nSPS) is 18.7. The van der Waals surface area contributed by atoms with Gasteiger partial charge < -0.3 is 9.52 Å². The van der Waals surface area contributed by atoms with Crippen LogP contribution >= 0.6 is 0 Å². The zero-order chi connectivity index (χ0) is 14.2. The highest BCUT2D eigenvalue weighted by molar-refractivity contribution is 5.22. The summed E-state index contributed by atoms with van der Waals surface area (Å²) in [5, 5.41) is 9.04. The molecule has 1 aliphatic heterocycles. The molecule has 5 nitrogen and oxygen atoms in total. The number of aliphatic hydroxyl groups is 1. The topological polar surface area (TPSA) is 62.4 Å². The fourth-order valence-corrected chi connectivity index (χ4v) is 2.88. The standard InChI is InChI=1S/C16H19N3O2/c20-10-14-4-3-13(21-14)9-19-6-5-15-12(8-19)7-17-16(18-15)11-1-2-11/h3-4,7,11,20H,1-2,5-6,8-10H2. The Hall–Kier alpha value is -1.72. The van der Waals surface area contributed by atoms with Gasteiger partial charge in [0.15, 0.2) is 0 Å². The highest BCUT2D eigenvalue weighted by Crippen LogP contribution is 2.38. The van der Waals surface area contributed by atoms with Crippen LogP contribution in [0.3, 0.4) is 0 Å². The Balaban J connectivity index is 1.46. The molecular formula is C16H19N3O2. The average Bonchev–Trinajstić information content (AvgIpc) is 3.27. The second-order valence-corrected chi connectivity index (χ2v) is 5.96. The molecule has 0 aromatic carbocycles. The number of rotatable bonds is 4. The first kappa shape index (κ1) is 13.0. The van der Waals surface area contributed by atoms with Gasteiger partial charge in [0.1, 0.15) is 24.0 Å². The van der Waals surface area contributed by atoms with Gasteiger partial charge in [-0.15, -0.1) is 0 Å². The molecule has 21 heavy (non-hydrogen) atoms. The number of fused-ring (bicyclic) bond motifs is 1. The maximum Gasteiger partial charge on any atom is 0.131 e. The van der Waals surface area contributed by atoms with Crippen molar-refractivity contribution in [3.63, 3.8) is 0 Å². The minimum Gasteiger partial charge on any atom is -0.462 e.